The molecule has 1 fully saturated rings. The first-order chi connectivity index (χ1) is 28.1. The summed E-state index contributed by atoms with van der Waals surface area (Å²) in [5, 5.41) is 16.0. The molecule has 1 aromatic heterocycles. The lowest BCUT2D eigenvalue weighted by Gasteiger charge is -2.36. The fraction of sp³-hybridized carbons (Fsp3) is 0.149. The number of carbonyl (C=O) groups excluding carboxylic acids is 1. The quantitative estimate of drug-likeness (QED) is 0.0992. The largest absolute Gasteiger partial charge is 0.457 e. The van der Waals surface area contributed by atoms with Crippen LogP contribution in [0.5, 0.6) is 11.5 Å². The van der Waals surface area contributed by atoms with E-state index in [1.807, 2.05) is 152 Å². The van der Waals surface area contributed by atoms with Gasteiger partial charge in [0, 0.05) is 41.1 Å². The number of thioether (sulfide) groups is 1. The van der Waals surface area contributed by atoms with E-state index in [2.05, 4.69) is 10.6 Å². The van der Waals surface area contributed by atoms with Crippen LogP contribution in [0.3, 0.4) is 0 Å². The zero-order valence-corrected chi connectivity index (χ0v) is 31.8. The second kappa shape index (κ2) is 18.2. The summed E-state index contributed by atoms with van der Waals surface area (Å²) < 4.78 is 25.4. The van der Waals surface area contributed by atoms with Gasteiger partial charge in [0.15, 0.2) is 12.1 Å². The van der Waals surface area contributed by atoms with Crippen LogP contribution in [0.25, 0.3) is 22.6 Å². The minimum absolute atomic E-state index is 0.0243. The maximum atomic E-state index is 12.7. The number of carbonyl (C=O) groups is 1. The van der Waals surface area contributed by atoms with Crippen molar-refractivity contribution in [1.82, 2.24) is 10.3 Å². The van der Waals surface area contributed by atoms with Crippen LogP contribution in [0.15, 0.2) is 173 Å². The minimum atomic E-state index is -0.629. The summed E-state index contributed by atoms with van der Waals surface area (Å²) in [5.74, 6) is 2.74. The number of aliphatic hydroxyl groups is 1. The van der Waals surface area contributed by atoms with E-state index in [9.17, 15) is 9.90 Å². The Labute approximate surface area is 335 Å². The highest BCUT2D eigenvalue weighted by Gasteiger charge is 2.33. The van der Waals surface area contributed by atoms with Crippen molar-refractivity contribution in [3.05, 3.63) is 186 Å². The first kappa shape index (κ1) is 37.7. The van der Waals surface area contributed by atoms with Gasteiger partial charge in [-0.2, -0.15) is 0 Å². The number of oxazole rings is 1. The number of rotatable bonds is 13. The molecular weight excluding hydrogens is 735 g/mol. The Bertz CT molecular complexity index is 2280. The Balaban J connectivity index is 0.921. The predicted molar refractivity (Wildman–Crippen MR) is 222 cm³/mol. The van der Waals surface area contributed by atoms with E-state index in [1.54, 1.807) is 12.1 Å². The summed E-state index contributed by atoms with van der Waals surface area (Å²) in [6, 6.07) is 52.2. The number of anilines is 1. The number of hydrogen-bond donors (Lipinski definition) is 3. The highest BCUT2D eigenvalue weighted by atomic mass is 32.2. The van der Waals surface area contributed by atoms with Crippen molar-refractivity contribution in [1.29, 1.82) is 0 Å². The number of hydrogen-bond acceptors (Lipinski definition) is 8. The summed E-state index contributed by atoms with van der Waals surface area (Å²) in [7, 11) is 0. The molecule has 7 aromatic rings. The molecule has 0 bridgehead atoms. The Morgan fingerprint density at radius 2 is 1.32 bits per heavy atom. The lowest BCUT2D eigenvalue weighted by Crippen LogP contribution is -2.31. The van der Waals surface area contributed by atoms with Gasteiger partial charge in [0.2, 0.25) is 0 Å². The number of benzene rings is 6. The van der Waals surface area contributed by atoms with Crippen LogP contribution in [-0.4, -0.2) is 28.0 Å². The molecule has 0 saturated carbocycles. The summed E-state index contributed by atoms with van der Waals surface area (Å²) in [4.78, 5) is 17.7. The summed E-state index contributed by atoms with van der Waals surface area (Å²) in [6.07, 6.45) is -0.432. The number of nitrogens with one attached hydrogen (secondary N) is 2. The van der Waals surface area contributed by atoms with Gasteiger partial charge in [0.25, 0.3) is 5.22 Å². The van der Waals surface area contributed by atoms with Crippen molar-refractivity contribution < 1.29 is 28.5 Å². The van der Waals surface area contributed by atoms with Gasteiger partial charge < -0.3 is 34.4 Å². The van der Waals surface area contributed by atoms with E-state index in [-0.39, 0.29) is 24.8 Å². The van der Waals surface area contributed by atoms with Crippen LogP contribution in [0, 0.1) is 0 Å². The first-order valence-electron chi connectivity index (χ1n) is 18.8. The molecule has 1 aliphatic heterocycles. The van der Waals surface area contributed by atoms with Crippen molar-refractivity contribution in [2.45, 2.75) is 43.3 Å². The molecule has 2 heterocycles. The van der Waals surface area contributed by atoms with Crippen LogP contribution in [0.2, 0.25) is 0 Å². The van der Waals surface area contributed by atoms with Crippen LogP contribution in [0.1, 0.15) is 41.1 Å². The molecule has 1 aliphatic rings. The number of aromatic nitrogens is 1. The van der Waals surface area contributed by atoms with Gasteiger partial charge >= 0.3 is 6.03 Å². The summed E-state index contributed by atoms with van der Waals surface area (Å²) in [5.41, 5.74) is 7.03. The Hall–Kier alpha value is -6.17. The highest BCUT2D eigenvalue weighted by Crippen LogP contribution is 2.41. The zero-order valence-electron chi connectivity index (χ0n) is 31.0. The highest BCUT2D eigenvalue weighted by molar-refractivity contribution is 7.99. The number of aliphatic hydroxyl groups excluding tert-OH is 1. The predicted octanol–water partition coefficient (Wildman–Crippen LogP) is 11.0. The molecule has 0 aliphatic carbocycles. The van der Waals surface area contributed by atoms with Crippen molar-refractivity contribution >= 4 is 23.5 Å². The Kier molecular flexibility index (Phi) is 12.0. The molecule has 3 unspecified atom stereocenters. The van der Waals surface area contributed by atoms with Gasteiger partial charge in [0.1, 0.15) is 17.2 Å². The van der Waals surface area contributed by atoms with E-state index in [1.165, 1.54) is 11.8 Å². The number of ether oxygens (including phenoxy) is 3. The van der Waals surface area contributed by atoms with E-state index in [0.717, 1.165) is 50.6 Å². The zero-order chi connectivity index (χ0) is 38.8. The average molecular weight is 776 g/mol. The monoisotopic (exact) mass is 775 g/mol. The van der Waals surface area contributed by atoms with Gasteiger partial charge in [-0.1, -0.05) is 139 Å². The van der Waals surface area contributed by atoms with Crippen LogP contribution in [-0.2, 0) is 22.6 Å². The number of urea groups is 1. The van der Waals surface area contributed by atoms with Gasteiger partial charge in [-0.05, 0) is 53.1 Å². The third-order valence-corrected chi connectivity index (χ3v) is 10.5. The Morgan fingerprint density at radius 3 is 2.00 bits per heavy atom. The smallest absolute Gasteiger partial charge is 0.319 e. The lowest BCUT2D eigenvalue weighted by molar-refractivity contribution is -0.245. The van der Waals surface area contributed by atoms with Crippen molar-refractivity contribution in [2.24, 2.45) is 0 Å². The van der Waals surface area contributed by atoms with E-state index < -0.39 is 6.29 Å². The third-order valence-electron chi connectivity index (χ3n) is 9.49. The van der Waals surface area contributed by atoms with Crippen molar-refractivity contribution in [3.8, 4) is 34.1 Å². The fourth-order valence-electron chi connectivity index (χ4n) is 6.51. The number of para-hydroxylation sites is 1. The molecule has 3 atom stereocenters. The SMILES string of the molecule is O=C(NCc1ccc(C2OC(CSc3nc(-c4ccccc4)c(-c4ccccc4)o3)CC(c3ccc(CO)cc3)O2)cc1)Nc1ccc(Oc2ccccc2)cc1. The van der Waals surface area contributed by atoms with E-state index in [0.29, 0.717) is 35.4 Å². The number of nitrogens with zero attached hydrogens (tertiary/aromatic N) is 1. The van der Waals surface area contributed by atoms with Gasteiger partial charge in [-0.15, -0.1) is 0 Å². The Morgan fingerprint density at radius 1 is 0.702 bits per heavy atom. The molecule has 57 heavy (non-hydrogen) atoms. The van der Waals surface area contributed by atoms with Crippen molar-refractivity contribution in [2.75, 3.05) is 11.1 Å². The molecule has 8 rings (SSSR count). The van der Waals surface area contributed by atoms with Crippen LogP contribution < -0.4 is 15.4 Å². The molecule has 0 spiro atoms. The van der Waals surface area contributed by atoms with Gasteiger partial charge in [-0.25, -0.2) is 9.78 Å². The first-order valence-corrected chi connectivity index (χ1v) is 19.8. The van der Waals surface area contributed by atoms with Gasteiger partial charge in [-0.3, -0.25) is 0 Å². The van der Waals surface area contributed by atoms with E-state index in [4.69, 9.17) is 23.6 Å². The average Bonchev–Trinajstić information content (AvgIpc) is 3.71. The van der Waals surface area contributed by atoms with E-state index >= 15 is 0 Å². The third kappa shape index (κ3) is 9.80. The molecule has 1 saturated heterocycles. The lowest BCUT2D eigenvalue weighted by atomic mass is 10.0. The van der Waals surface area contributed by atoms with Crippen LogP contribution in [0.4, 0.5) is 10.5 Å². The standard InChI is InChI=1S/C47H41N3O6S/c51-30-33-18-20-34(21-19-33)42-28-41(31-57-47-50-43(35-10-4-1-5-11-35)44(56-47)36-12-6-2-7-13-36)54-45(55-42)37-22-16-32(17-23-37)29-48-46(52)49-38-24-26-40(27-25-38)53-39-14-8-3-9-15-39/h1-27,41-42,45,51H,28-31H2,(H2,48,49,52). The summed E-state index contributed by atoms with van der Waals surface area (Å²) >= 11 is 1.52. The molecule has 2 amide bonds. The van der Waals surface area contributed by atoms with Crippen molar-refractivity contribution in [3.63, 3.8) is 0 Å². The number of amides is 2. The van der Waals surface area contributed by atoms with Gasteiger partial charge in [0.05, 0.1) is 18.8 Å². The molecule has 3 N–H and O–H groups in total. The molecule has 10 heteroatoms. The second-order valence-corrected chi connectivity index (χ2v) is 14.5. The molecule has 0 radical (unpaired) electrons. The molecule has 286 valence electrons. The molecular formula is C47H41N3O6S. The topological polar surface area (TPSA) is 115 Å². The maximum absolute atomic E-state index is 12.7. The normalized spacial score (nSPS) is 16.5. The maximum Gasteiger partial charge on any atom is 0.319 e. The molecule has 9 nitrogen and oxygen atoms in total. The summed E-state index contributed by atoms with van der Waals surface area (Å²) in [6.45, 7) is 0.308. The van der Waals surface area contributed by atoms with Crippen LogP contribution >= 0.6 is 11.8 Å². The second-order valence-electron chi connectivity index (χ2n) is 13.5. The molecule has 6 aromatic carbocycles. The fourth-order valence-corrected chi connectivity index (χ4v) is 7.35. The minimum Gasteiger partial charge on any atom is -0.457 e.